The maximum atomic E-state index is 5.19. The Morgan fingerprint density at radius 3 is 2.69 bits per heavy atom. The van der Waals surface area contributed by atoms with Gasteiger partial charge in [-0.3, -0.25) is 0 Å². The number of hydrogen-bond donors (Lipinski definition) is 0. The van der Waals surface area contributed by atoms with E-state index in [-0.39, 0.29) is 0 Å². The minimum Gasteiger partial charge on any atom is -0.373 e. The van der Waals surface area contributed by atoms with Crippen molar-refractivity contribution in [2.24, 2.45) is 0 Å². The number of ether oxygens (including phenoxy) is 1. The van der Waals surface area contributed by atoms with Crippen LogP contribution < -0.4 is 0 Å². The SMILES string of the molecule is CCCc1ccc(CCC2CO2)s1. The third kappa shape index (κ3) is 2.82. The van der Waals surface area contributed by atoms with Crippen LogP contribution in [-0.4, -0.2) is 12.7 Å². The summed E-state index contributed by atoms with van der Waals surface area (Å²) in [4.78, 5) is 3.06. The molecule has 1 saturated heterocycles. The molecule has 2 heterocycles. The predicted octanol–water partition coefficient (Wildman–Crippen LogP) is 3.03. The van der Waals surface area contributed by atoms with Crippen molar-refractivity contribution in [3.05, 3.63) is 21.9 Å². The maximum Gasteiger partial charge on any atom is 0.0813 e. The van der Waals surface area contributed by atoms with E-state index >= 15 is 0 Å². The zero-order valence-corrected chi connectivity index (χ0v) is 8.90. The normalized spacial score (nSPS) is 20.5. The average Bonchev–Trinajstić information content (AvgIpc) is 2.85. The number of thiophene rings is 1. The topological polar surface area (TPSA) is 12.5 Å². The summed E-state index contributed by atoms with van der Waals surface area (Å²) in [5.41, 5.74) is 0. The molecule has 1 aromatic rings. The van der Waals surface area contributed by atoms with Crippen LogP contribution in [0.4, 0.5) is 0 Å². The molecule has 1 aromatic heterocycles. The second kappa shape index (κ2) is 4.25. The van der Waals surface area contributed by atoms with Crippen molar-refractivity contribution in [3.8, 4) is 0 Å². The summed E-state index contributed by atoms with van der Waals surface area (Å²) in [6.07, 6.45) is 5.50. The highest BCUT2D eigenvalue weighted by atomic mass is 32.1. The largest absolute Gasteiger partial charge is 0.373 e. The lowest BCUT2D eigenvalue weighted by atomic mass is 10.2. The smallest absolute Gasteiger partial charge is 0.0813 e. The summed E-state index contributed by atoms with van der Waals surface area (Å²) < 4.78 is 5.19. The Bertz CT molecular complexity index is 263. The molecule has 0 aromatic carbocycles. The standard InChI is InChI=1S/C11H16OS/c1-2-3-10-6-7-11(13-10)5-4-9-8-12-9/h6-7,9H,2-5,8H2,1H3. The Labute approximate surface area is 83.7 Å². The number of aryl methyl sites for hydroxylation is 2. The lowest BCUT2D eigenvalue weighted by molar-refractivity contribution is 0.397. The van der Waals surface area contributed by atoms with Crippen molar-refractivity contribution in [3.63, 3.8) is 0 Å². The van der Waals surface area contributed by atoms with Crippen LogP contribution >= 0.6 is 11.3 Å². The first kappa shape index (κ1) is 9.22. The van der Waals surface area contributed by atoms with Crippen molar-refractivity contribution in [2.75, 3.05) is 6.61 Å². The van der Waals surface area contributed by atoms with Gasteiger partial charge in [-0.2, -0.15) is 0 Å². The van der Waals surface area contributed by atoms with E-state index in [1.54, 1.807) is 0 Å². The number of epoxide rings is 1. The summed E-state index contributed by atoms with van der Waals surface area (Å²) in [5.74, 6) is 0. The molecule has 1 atom stereocenters. The van der Waals surface area contributed by atoms with Crippen LogP contribution in [0.5, 0.6) is 0 Å². The monoisotopic (exact) mass is 196 g/mol. The molecule has 0 spiro atoms. The molecule has 1 aliphatic rings. The van der Waals surface area contributed by atoms with Gasteiger partial charge in [0.1, 0.15) is 0 Å². The molecule has 0 N–H and O–H groups in total. The van der Waals surface area contributed by atoms with Gasteiger partial charge in [0, 0.05) is 9.75 Å². The first-order valence-corrected chi connectivity index (χ1v) is 5.89. The van der Waals surface area contributed by atoms with E-state index in [2.05, 4.69) is 19.1 Å². The highest BCUT2D eigenvalue weighted by Gasteiger charge is 2.21. The van der Waals surface area contributed by atoms with E-state index in [0.29, 0.717) is 6.10 Å². The molecule has 2 heteroatoms. The molecule has 2 rings (SSSR count). The third-order valence-corrected chi connectivity index (χ3v) is 3.53. The Kier molecular flexibility index (Phi) is 3.01. The van der Waals surface area contributed by atoms with Crippen LogP contribution in [0, 0.1) is 0 Å². The van der Waals surface area contributed by atoms with E-state index < -0.39 is 0 Å². The molecule has 0 bridgehead atoms. The zero-order valence-electron chi connectivity index (χ0n) is 8.08. The molecule has 0 amide bonds. The van der Waals surface area contributed by atoms with Gasteiger partial charge in [0.15, 0.2) is 0 Å². The van der Waals surface area contributed by atoms with E-state index in [0.717, 1.165) is 6.61 Å². The molecule has 1 fully saturated rings. The van der Waals surface area contributed by atoms with Crippen molar-refractivity contribution in [1.82, 2.24) is 0 Å². The lowest BCUT2D eigenvalue weighted by Crippen LogP contribution is -1.87. The van der Waals surface area contributed by atoms with Crippen LogP contribution in [0.25, 0.3) is 0 Å². The average molecular weight is 196 g/mol. The van der Waals surface area contributed by atoms with E-state index in [9.17, 15) is 0 Å². The van der Waals surface area contributed by atoms with Gasteiger partial charge in [0.05, 0.1) is 12.7 Å². The van der Waals surface area contributed by atoms with Gasteiger partial charge >= 0.3 is 0 Å². The first-order chi connectivity index (χ1) is 6.38. The molecule has 72 valence electrons. The van der Waals surface area contributed by atoms with Gasteiger partial charge in [-0.05, 0) is 31.4 Å². The predicted molar refractivity (Wildman–Crippen MR) is 56.4 cm³/mol. The van der Waals surface area contributed by atoms with Gasteiger partial charge in [0.25, 0.3) is 0 Å². The molecule has 0 radical (unpaired) electrons. The molecule has 13 heavy (non-hydrogen) atoms. The summed E-state index contributed by atoms with van der Waals surface area (Å²) in [5, 5.41) is 0. The van der Waals surface area contributed by atoms with Crippen molar-refractivity contribution in [1.29, 1.82) is 0 Å². The van der Waals surface area contributed by atoms with Gasteiger partial charge in [-0.1, -0.05) is 13.3 Å². The summed E-state index contributed by atoms with van der Waals surface area (Å²) in [7, 11) is 0. The minimum atomic E-state index is 0.580. The molecule has 1 nitrogen and oxygen atoms in total. The van der Waals surface area contributed by atoms with Crippen molar-refractivity contribution >= 4 is 11.3 Å². The lowest BCUT2D eigenvalue weighted by Gasteiger charge is -1.92. The Hall–Kier alpha value is -0.340. The second-order valence-corrected chi connectivity index (χ2v) is 4.86. The third-order valence-electron chi connectivity index (χ3n) is 2.33. The fourth-order valence-electron chi connectivity index (χ4n) is 1.48. The molecule has 0 aliphatic carbocycles. The quantitative estimate of drug-likeness (QED) is 0.659. The summed E-state index contributed by atoms with van der Waals surface area (Å²) in [6.45, 7) is 3.23. The van der Waals surface area contributed by atoms with Gasteiger partial charge in [-0.25, -0.2) is 0 Å². The van der Waals surface area contributed by atoms with E-state index in [1.165, 1.54) is 35.4 Å². The fraction of sp³-hybridized carbons (Fsp3) is 0.636. The van der Waals surface area contributed by atoms with Gasteiger partial charge in [0.2, 0.25) is 0 Å². The molecular formula is C11H16OS. The highest BCUT2D eigenvalue weighted by molar-refractivity contribution is 7.11. The zero-order chi connectivity index (χ0) is 9.10. The van der Waals surface area contributed by atoms with Crippen LogP contribution in [0.1, 0.15) is 29.5 Å². The van der Waals surface area contributed by atoms with Gasteiger partial charge < -0.3 is 4.74 Å². The number of rotatable bonds is 5. The Morgan fingerprint density at radius 1 is 1.38 bits per heavy atom. The molecule has 1 aliphatic heterocycles. The molecule has 1 unspecified atom stereocenters. The van der Waals surface area contributed by atoms with Crippen molar-refractivity contribution < 1.29 is 4.74 Å². The first-order valence-electron chi connectivity index (χ1n) is 5.07. The second-order valence-electron chi connectivity index (χ2n) is 3.61. The minimum absolute atomic E-state index is 0.580. The van der Waals surface area contributed by atoms with Crippen molar-refractivity contribution in [2.45, 2.75) is 38.7 Å². The van der Waals surface area contributed by atoms with Crippen LogP contribution in [0.15, 0.2) is 12.1 Å². The van der Waals surface area contributed by atoms with Gasteiger partial charge in [-0.15, -0.1) is 11.3 Å². The Morgan fingerprint density at radius 2 is 2.08 bits per heavy atom. The van der Waals surface area contributed by atoms with E-state index in [4.69, 9.17) is 4.74 Å². The summed E-state index contributed by atoms with van der Waals surface area (Å²) in [6, 6.07) is 4.55. The number of hydrogen-bond acceptors (Lipinski definition) is 2. The molecular weight excluding hydrogens is 180 g/mol. The van der Waals surface area contributed by atoms with E-state index in [1.807, 2.05) is 11.3 Å². The highest BCUT2D eigenvalue weighted by Crippen LogP contribution is 2.22. The summed E-state index contributed by atoms with van der Waals surface area (Å²) >= 11 is 1.97. The van der Waals surface area contributed by atoms with Crippen LogP contribution in [0.3, 0.4) is 0 Å². The van der Waals surface area contributed by atoms with Crippen LogP contribution in [0.2, 0.25) is 0 Å². The fourth-order valence-corrected chi connectivity index (χ4v) is 2.61. The Balaban J connectivity index is 1.81. The van der Waals surface area contributed by atoms with Crippen LogP contribution in [-0.2, 0) is 17.6 Å². The molecule has 0 saturated carbocycles. The maximum absolute atomic E-state index is 5.19.